The van der Waals surface area contributed by atoms with Crippen molar-refractivity contribution in [1.82, 2.24) is 0 Å². The highest BCUT2D eigenvalue weighted by molar-refractivity contribution is 5.04. The smallest absolute Gasteiger partial charge is 0.0276 e. The Labute approximate surface area is 87.7 Å². The standard InChI is InChI=1S/C14H19/c1-2-4-6-8-10-12-14-13-11-9-7-5-3-1/h1-4,9,11,13H,5-8,10,12H2/b3-1-,4-2+,11-9-,14-13?. The number of allylic oxidation sites excluding steroid dienone is 8. The molecule has 1 aliphatic carbocycles. The lowest BCUT2D eigenvalue weighted by molar-refractivity contribution is 0.754. The second kappa shape index (κ2) is 8.55. The highest BCUT2D eigenvalue weighted by Crippen LogP contribution is 2.02. The van der Waals surface area contributed by atoms with Crippen molar-refractivity contribution in [3.8, 4) is 0 Å². The molecule has 75 valence electrons. The Morgan fingerprint density at radius 2 is 1.43 bits per heavy atom. The van der Waals surface area contributed by atoms with Crippen LogP contribution in [0, 0.1) is 6.08 Å². The maximum atomic E-state index is 3.29. The zero-order chi connectivity index (χ0) is 9.90. The molecule has 0 saturated carbocycles. The minimum Gasteiger partial charge on any atom is -0.0845 e. The summed E-state index contributed by atoms with van der Waals surface area (Å²) in [5.74, 6) is 0. The van der Waals surface area contributed by atoms with Gasteiger partial charge in [-0.1, -0.05) is 42.5 Å². The van der Waals surface area contributed by atoms with Gasteiger partial charge in [-0.05, 0) is 44.6 Å². The van der Waals surface area contributed by atoms with Crippen LogP contribution in [0.25, 0.3) is 0 Å². The summed E-state index contributed by atoms with van der Waals surface area (Å²) in [6.07, 6.45) is 25.5. The SMILES string of the molecule is [C]1=C/C=C\CC/C=C\C=C\CCCC/1. The molecule has 0 fully saturated rings. The van der Waals surface area contributed by atoms with Crippen molar-refractivity contribution in [2.45, 2.75) is 38.5 Å². The molecule has 0 unspecified atom stereocenters. The fraction of sp³-hybridized carbons (Fsp3) is 0.429. The molecule has 0 aliphatic heterocycles. The third-order valence-corrected chi connectivity index (χ3v) is 2.18. The Morgan fingerprint density at radius 1 is 0.714 bits per heavy atom. The van der Waals surface area contributed by atoms with Crippen molar-refractivity contribution < 1.29 is 0 Å². The van der Waals surface area contributed by atoms with Crippen LogP contribution in [0.2, 0.25) is 0 Å². The van der Waals surface area contributed by atoms with E-state index >= 15 is 0 Å². The summed E-state index contributed by atoms with van der Waals surface area (Å²) in [7, 11) is 0. The molecule has 0 spiro atoms. The molecule has 0 aromatic rings. The Bertz CT molecular complexity index is 202. The van der Waals surface area contributed by atoms with Gasteiger partial charge in [0.1, 0.15) is 0 Å². The molecule has 0 aromatic heterocycles. The predicted molar refractivity (Wildman–Crippen MR) is 62.9 cm³/mol. The molecule has 0 heterocycles. The highest BCUT2D eigenvalue weighted by Gasteiger charge is 1.83. The van der Waals surface area contributed by atoms with Gasteiger partial charge in [0, 0.05) is 0 Å². The van der Waals surface area contributed by atoms with Gasteiger partial charge >= 0.3 is 0 Å². The second-order valence-corrected chi connectivity index (χ2v) is 3.48. The van der Waals surface area contributed by atoms with E-state index in [9.17, 15) is 0 Å². The second-order valence-electron chi connectivity index (χ2n) is 3.48. The monoisotopic (exact) mass is 187 g/mol. The molecule has 0 N–H and O–H groups in total. The van der Waals surface area contributed by atoms with Gasteiger partial charge in [-0.3, -0.25) is 0 Å². The lowest BCUT2D eigenvalue weighted by Gasteiger charge is -1.92. The van der Waals surface area contributed by atoms with Gasteiger partial charge in [0.25, 0.3) is 0 Å². The summed E-state index contributed by atoms with van der Waals surface area (Å²) in [6, 6.07) is 0. The predicted octanol–water partition coefficient (Wildman–Crippen LogP) is 4.37. The van der Waals surface area contributed by atoms with E-state index in [2.05, 4.69) is 42.5 Å². The summed E-state index contributed by atoms with van der Waals surface area (Å²) in [4.78, 5) is 0. The Kier molecular flexibility index (Phi) is 6.74. The van der Waals surface area contributed by atoms with Crippen molar-refractivity contribution in [2.75, 3.05) is 0 Å². The van der Waals surface area contributed by atoms with E-state index < -0.39 is 0 Å². The molecule has 0 nitrogen and oxygen atoms in total. The van der Waals surface area contributed by atoms with Crippen LogP contribution in [0.5, 0.6) is 0 Å². The molecule has 0 saturated heterocycles. The molecular weight excluding hydrogens is 168 g/mol. The van der Waals surface area contributed by atoms with Gasteiger partial charge in [-0.25, -0.2) is 0 Å². The van der Waals surface area contributed by atoms with Gasteiger partial charge in [0.15, 0.2) is 0 Å². The summed E-state index contributed by atoms with van der Waals surface area (Å²) in [5, 5.41) is 0. The average Bonchev–Trinajstić information content (AvgIpc) is 2.22. The first-order valence-electron chi connectivity index (χ1n) is 5.53. The van der Waals surface area contributed by atoms with E-state index in [0.717, 1.165) is 19.3 Å². The quantitative estimate of drug-likeness (QED) is 0.528. The third-order valence-electron chi connectivity index (χ3n) is 2.18. The van der Waals surface area contributed by atoms with Crippen molar-refractivity contribution in [3.63, 3.8) is 0 Å². The maximum absolute atomic E-state index is 3.29. The van der Waals surface area contributed by atoms with Crippen molar-refractivity contribution in [3.05, 3.63) is 48.6 Å². The van der Waals surface area contributed by atoms with Gasteiger partial charge in [-0.2, -0.15) is 0 Å². The summed E-state index contributed by atoms with van der Waals surface area (Å²) in [5.41, 5.74) is 0. The summed E-state index contributed by atoms with van der Waals surface area (Å²) in [6.45, 7) is 0. The third kappa shape index (κ3) is 6.47. The molecular formula is C14H19. The molecule has 0 aromatic carbocycles. The van der Waals surface area contributed by atoms with Crippen LogP contribution >= 0.6 is 0 Å². The first-order valence-corrected chi connectivity index (χ1v) is 5.53. The van der Waals surface area contributed by atoms with E-state index in [1.54, 1.807) is 0 Å². The largest absolute Gasteiger partial charge is 0.0845 e. The van der Waals surface area contributed by atoms with Crippen LogP contribution in [0.1, 0.15) is 38.5 Å². The van der Waals surface area contributed by atoms with E-state index in [0.29, 0.717) is 0 Å². The topological polar surface area (TPSA) is 0 Å². The summed E-state index contributed by atoms with van der Waals surface area (Å²) < 4.78 is 0. The van der Waals surface area contributed by atoms with Crippen LogP contribution < -0.4 is 0 Å². The van der Waals surface area contributed by atoms with Crippen molar-refractivity contribution >= 4 is 0 Å². The average molecular weight is 187 g/mol. The Hall–Kier alpha value is -1.04. The zero-order valence-corrected chi connectivity index (χ0v) is 8.78. The number of rotatable bonds is 0. The summed E-state index contributed by atoms with van der Waals surface area (Å²) >= 11 is 0. The minimum atomic E-state index is 1.09. The molecule has 0 amide bonds. The van der Waals surface area contributed by atoms with Crippen LogP contribution in [-0.2, 0) is 0 Å². The van der Waals surface area contributed by atoms with Crippen molar-refractivity contribution in [2.24, 2.45) is 0 Å². The van der Waals surface area contributed by atoms with E-state index in [4.69, 9.17) is 0 Å². The maximum Gasteiger partial charge on any atom is -0.0276 e. The number of hydrogen-bond acceptors (Lipinski definition) is 0. The normalized spacial score (nSPS) is 28.6. The van der Waals surface area contributed by atoms with Gasteiger partial charge in [0.05, 0.1) is 0 Å². The van der Waals surface area contributed by atoms with E-state index in [-0.39, 0.29) is 0 Å². The first-order chi connectivity index (χ1) is 7.00. The fourth-order valence-corrected chi connectivity index (χ4v) is 1.35. The molecule has 1 aliphatic rings. The Morgan fingerprint density at radius 3 is 2.29 bits per heavy atom. The van der Waals surface area contributed by atoms with Gasteiger partial charge in [0.2, 0.25) is 0 Å². The number of hydrogen-bond donors (Lipinski definition) is 0. The van der Waals surface area contributed by atoms with Crippen LogP contribution in [0.3, 0.4) is 0 Å². The highest BCUT2D eigenvalue weighted by atomic mass is 13.9. The zero-order valence-electron chi connectivity index (χ0n) is 8.78. The fourth-order valence-electron chi connectivity index (χ4n) is 1.35. The van der Waals surface area contributed by atoms with Crippen molar-refractivity contribution in [1.29, 1.82) is 0 Å². The molecule has 14 heavy (non-hydrogen) atoms. The van der Waals surface area contributed by atoms with E-state index in [1.165, 1.54) is 19.3 Å². The van der Waals surface area contributed by atoms with Gasteiger partial charge in [-0.15, -0.1) is 0 Å². The van der Waals surface area contributed by atoms with Gasteiger partial charge < -0.3 is 0 Å². The lowest BCUT2D eigenvalue weighted by Crippen LogP contribution is -1.73. The van der Waals surface area contributed by atoms with Crippen LogP contribution in [0.4, 0.5) is 0 Å². The van der Waals surface area contributed by atoms with Crippen LogP contribution in [0.15, 0.2) is 42.5 Å². The Balaban J connectivity index is 2.34. The molecule has 0 atom stereocenters. The van der Waals surface area contributed by atoms with E-state index in [1.807, 2.05) is 6.08 Å². The lowest BCUT2D eigenvalue weighted by atomic mass is 10.1. The van der Waals surface area contributed by atoms with Crippen LogP contribution in [-0.4, -0.2) is 0 Å². The first kappa shape index (κ1) is 11.0. The molecule has 0 bridgehead atoms. The minimum absolute atomic E-state index is 1.09. The molecule has 0 heteroatoms. The molecule has 1 radical (unpaired) electrons. The molecule has 1 rings (SSSR count).